The van der Waals surface area contributed by atoms with Crippen LogP contribution >= 0.6 is 0 Å². The van der Waals surface area contributed by atoms with Crippen molar-refractivity contribution in [2.24, 2.45) is 0 Å². The molecule has 0 saturated carbocycles. The third-order valence-corrected chi connectivity index (χ3v) is 3.79. The molecular weight excluding hydrogens is 330 g/mol. The number of hydrogen-bond acceptors (Lipinski definition) is 4. The van der Waals surface area contributed by atoms with Crippen LogP contribution in [0.2, 0.25) is 0 Å². The van der Waals surface area contributed by atoms with Gasteiger partial charge in [0.25, 0.3) is 0 Å². The topological polar surface area (TPSA) is 61.9 Å². The van der Waals surface area contributed by atoms with Gasteiger partial charge in [0.05, 0.1) is 13.2 Å². The van der Waals surface area contributed by atoms with Crippen molar-refractivity contribution in [1.82, 2.24) is 4.90 Å². The number of anilines is 2. The lowest BCUT2D eigenvalue weighted by Gasteiger charge is -2.18. The number of carbonyl (C=O) groups excluding carboxylic acids is 2. The average Bonchev–Trinajstić information content (AvgIpc) is 2.62. The first-order valence-electron chi connectivity index (χ1n) is 8.52. The zero-order chi connectivity index (χ0) is 18.9. The van der Waals surface area contributed by atoms with Crippen LogP contribution in [-0.2, 0) is 16.1 Å². The zero-order valence-corrected chi connectivity index (χ0v) is 15.4. The van der Waals surface area contributed by atoms with E-state index in [1.54, 1.807) is 38.2 Å². The number of amides is 2. The second-order valence-corrected chi connectivity index (χ2v) is 6.01. The normalized spacial score (nSPS) is 10.5. The molecule has 0 aliphatic heterocycles. The van der Waals surface area contributed by atoms with E-state index in [1.165, 1.54) is 4.90 Å². The molecule has 0 fully saturated rings. The summed E-state index contributed by atoms with van der Waals surface area (Å²) in [5, 5.41) is 2.86. The Labute approximate surface area is 154 Å². The Balaban J connectivity index is 1.86. The lowest BCUT2D eigenvalue weighted by atomic mass is 10.2. The molecule has 0 aliphatic carbocycles. The summed E-state index contributed by atoms with van der Waals surface area (Å²) < 4.78 is 4.96. The van der Waals surface area contributed by atoms with Crippen molar-refractivity contribution >= 4 is 23.4 Å². The lowest BCUT2D eigenvalue weighted by molar-refractivity contribution is -0.117. The first kappa shape index (κ1) is 19.5. The number of ether oxygens (including phenoxy) is 1. The summed E-state index contributed by atoms with van der Waals surface area (Å²) in [5.41, 5.74) is 2.54. The highest BCUT2D eigenvalue weighted by atomic mass is 16.6. The molecule has 26 heavy (non-hydrogen) atoms. The molecule has 0 aromatic heterocycles. The molecule has 0 heterocycles. The van der Waals surface area contributed by atoms with Crippen molar-refractivity contribution < 1.29 is 14.3 Å². The minimum absolute atomic E-state index is 0.0880. The van der Waals surface area contributed by atoms with Crippen LogP contribution in [0.15, 0.2) is 54.6 Å². The van der Waals surface area contributed by atoms with Crippen molar-refractivity contribution in [2.75, 3.05) is 37.5 Å². The summed E-state index contributed by atoms with van der Waals surface area (Å²) in [6.07, 6.45) is -0.410. The molecule has 0 aliphatic rings. The summed E-state index contributed by atoms with van der Waals surface area (Å²) in [4.78, 5) is 27.3. The molecule has 2 aromatic carbocycles. The Kier molecular flexibility index (Phi) is 7.17. The van der Waals surface area contributed by atoms with Crippen LogP contribution in [0.25, 0.3) is 0 Å². The Hall–Kier alpha value is -2.86. The summed E-state index contributed by atoms with van der Waals surface area (Å²) in [6.45, 7) is 3.09. The third-order valence-electron chi connectivity index (χ3n) is 3.79. The number of carbonyl (C=O) groups is 2. The van der Waals surface area contributed by atoms with E-state index >= 15 is 0 Å². The van der Waals surface area contributed by atoms with Gasteiger partial charge in [0.1, 0.15) is 0 Å². The van der Waals surface area contributed by atoms with Gasteiger partial charge in [-0.3, -0.25) is 14.6 Å². The van der Waals surface area contributed by atoms with E-state index in [4.69, 9.17) is 4.74 Å². The summed E-state index contributed by atoms with van der Waals surface area (Å²) in [6, 6.07) is 17.1. The van der Waals surface area contributed by atoms with Gasteiger partial charge in [-0.05, 0) is 43.8 Å². The molecule has 2 rings (SSSR count). The standard InChI is InChI=1S/C20H25N3O3/c1-4-26-20(25)23(3)18-12-10-17(11-13-18)21-19(24)15-22(2)14-16-8-6-5-7-9-16/h5-13H,4,14-15H2,1-3H3,(H,21,24). The maximum Gasteiger partial charge on any atom is 0.413 e. The monoisotopic (exact) mass is 355 g/mol. The van der Waals surface area contributed by atoms with Crippen LogP contribution < -0.4 is 10.2 Å². The minimum atomic E-state index is -0.410. The van der Waals surface area contributed by atoms with Gasteiger partial charge < -0.3 is 10.1 Å². The molecule has 0 spiro atoms. The Bertz CT molecular complexity index is 717. The van der Waals surface area contributed by atoms with Crippen molar-refractivity contribution in [3.63, 3.8) is 0 Å². The predicted molar refractivity (Wildman–Crippen MR) is 103 cm³/mol. The number of nitrogens with zero attached hydrogens (tertiary/aromatic N) is 2. The number of hydrogen-bond donors (Lipinski definition) is 1. The van der Waals surface area contributed by atoms with E-state index in [0.717, 1.165) is 5.56 Å². The van der Waals surface area contributed by atoms with Gasteiger partial charge in [-0.2, -0.15) is 0 Å². The molecule has 2 amide bonds. The van der Waals surface area contributed by atoms with E-state index in [1.807, 2.05) is 42.3 Å². The molecular formula is C20H25N3O3. The van der Waals surface area contributed by atoms with Gasteiger partial charge in [-0.25, -0.2) is 4.79 Å². The maximum atomic E-state index is 12.2. The van der Waals surface area contributed by atoms with E-state index in [9.17, 15) is 9.59 Å². The molecule has 1 N–H and O–H groups in total. The number of likely N-dealkylation sites (N-methyl/N-ethyl adjacent to an activating group) is 1. The average molecular weight is 355 g/mol. The van der Waals surface area contributed by atoms with Crippen LogP contribution in [0.3, 0.4) is 0 Å². The highest BCUT2D eigenvalue weighted by Gasteiger charge is 2.12. The van der Waals surface area contributed by atoms with Crippen LogP contribution in [0, 0.1) is 0 Å². The molecule has 6 nitrogen and oxygen atoms in total. The van der Waals surface area contributed by atoms with Crippen LogP contribution in [-0.4, -0.2) is 44.1 Å². The first-order valence-corrected chi connectivity index (χ1v) is 8.52. The molecule has 0 bridgehead atoms. The third kappa shape index (κ3) is 5.89. The maximum absolute atomic E-state index is 12.2. The van der Waals surface area contributed by atoms with Gasteiger partial charge in [0, 0.05) is 25.0 Å². The van der Waals surface area contributed by atoms with Crippen LogP contribution in [0.4, 0.5) is 16.2 Å². The second kappa shape index (κ2) is 9.58. The van der Waals surface area contributed by atoms with E-state index in [0.29, 0.717) is 31.1 Å². The quantitative estimate of drug-likeness (QED) is 0.827. The highest BCUT2D eigenvalue weighted by molar-refractivity contribution is 5.93. The smallest absolute Gasteiger partial charge is 0.413 e. The summed E-state index contributed by atoms with van der Waals surface area (Å²) >= 11 is 0. The van der Waals surface area contributed by atoms with Gasteiger partial charge in [0.2, 0.25) is 5.91 Å². The lowest BCUT2D eigenvalue weighted by Crippen LogP contribution is -2.30. The molecule has 138 valence electrons. The molecule has 6 heteroatoms. The largest absolute Gasteiger partial charge is 0.449 e. The van der Waals surface area contributed by atoms with E-state index in [2.05, 4.69) is 5.32 Å². The van der Waals surface area contributed by atoms with Crippen molar-refractivity contribution in [2.45, 2.75) is 13.5 Å². The number of rotatable bonds is 7. The van der Waals surface area contributed by atoms with E-state index in [-0.39, 0.29) is 5.91 Å². The molecule has 0 unspecified atom stereocenters. The molecule has 0 saturated heterocycles. The molecule has 0 atom stereocenters. The van der Waals surface area contributed by atoms with E-state index < -0.39 is 6.09 Å². The fourth-order valence-electron chi connectivity index (χ4n) is 2.49. The zero-order valence-electron chi connectivity index (χ0n) is 15.4. The van der Waals surface area contributed by atoms with Crippen LogP contribution in [0.5, 0.6) is 0 Å². The van der Waals surface area contributed by atoms with Gasteiger partial charge in [-0.15, -0.1) is 0 Å². The Morgan fingerprint density at radius 3 is 2.27 bits per heavy atom. The van der Waals surface area contributed by atoms with Crippen LogP contribution in [0.1, 0.15) is 12.5 Å². The summed E-state index contributed by atoms with van der Waals surface area (Å²) in [5.74, 6) is -0.0880. The van der Waals surface area contributed by atoms with Gasteiger partial charge in [0.15, 0.2) is 0 Å². The molecule has 2 aromatic rings. The highest BCUT2D eigenvalue weighted by Crippen LogP contribution is 2.17. The first-order chi connectivity index (χ1) is 12.5. The van der Waals surface area contributed by atoms with Crippen molar-refractivity contribution in [1.29, 1.82) is 0 Å². The second-order valence-electron chi connectivity index (χ2n) is 6.01. The van der Waals surface area contributed by atoms with Crippen molar-refractivity contribution in [3.8, 4) is 0 Å². The van der Waals surface area contributed by atoms with Gasteiger partial charge in [-0.1, -0.05) is 30.3 Å². The van der Waals surface area contributed by atoms with Crippen molar-refractivity contribution in [3.05, 3.63) is 60.2 Å². The minimum Gasteiger partial charge on any atom is -0.449 e. The molecule has 0 radical (unpaired) electrons. The Morgan fingerprint density at radius 1 is 1.00 bits per heavy atom. The fraction of sp³-hybridized carbons (Fsp3) is 0.300. The predicted octanol–water partition coefficient (Wildman–Crippen LogP) is 3.35. The number of benzene rings is 2. The summed E-state index contributed by atoms with van der Waals surface area (Å²) in [7, 11) is 3.55. The Morgan fingerprint density at radius 2 is 1.65 bits per heavy atom. The fourth-order valence-corrected chi connectivity index (χ4v) is 2.49. The SMILES string of the molecule is CCOC(=O)N(C)c1ccc(NC(=O)CN(C)Cc2ccccc2)cc1. The number of nitrogens with one attached hydrogen (secondary N) is 1. The van der Waals surface area contributed by atoms with Gasteiger partial charge >= 0.3 is 6.09 Å².